The molecule has 1 aromatic heterocycles. The highest BCUT2D eigenvalue weighted by Crippen LogP contribution is 2.12. The lowest BCUT2D eigenvalue weighted by atomic mass is 10.1. The highest BCUT2D eigenvalue weighted by Gasteiger charge is 2.04. The molecule has 0 aliphatic heterocycles. The van der Waals surface area contributed by atoms with Gasteiger partial charge in [0.1, 0.15) is 5.82 Å². The summed E-state index contributed by atoms with van der Waals surface area (Å²) in [5.74, 6) is -0.397. The first kappa shape index (κ1) is 14.2. The van der Waals surface area contributed by atoms with Crippen LogP contribution in [0.15, 0.2) is 60.8 Å². The van der Waals surface area contributed by atoms with Crippen LogP contribution >= 0.6 is 0 Å². The van der Waals surface area contributed by atoms with Crippen LogP contribution in [0.2, 0.25) is 0 Å². The molecule has 3 nitrogen and oxygen atoms in total. The lowest BCUT2D eigenvalue weighted by molar-refractivity contribution is -0.120. The number of fused-ring (bicyclic) bond motifs is 1. The van der Waals surface area contributed by atoms with E-state index in [2.05, 4.69) is 10.3 Å². The van der Waals surface area contributed by atoms with Crippen LogP contribution in [-0.4, -0.2) is 10.9 Å². The number of benzene rings is 2. The minimum absolute atomic E-state index is 0.0974. The zero-order chi connectivity index (χ0) is 15.4. The average Bonchev–Trinajstić information content (AvgIpc) is 2.55. The molecule has 1 heterocycles. The molecule has 0 aliphatic rings. The smallest absolute Gasteiger partial charge is 0.224 e. The van der Waals surface area contributed by atoms with Crippen LogP contribution in [-0.2, 0) is 17.8 Å². The number of pyridine rings is 1. The van der Waals surface area contributed by atoms with Crippen LogP contribution in [0.3, 0.4) is 0 Å². The summed E-state index contributed by atoms with van der Waals surface area (Å²) in [5.41, 5.74) is 2.67. The van der Waals surface area contributed by atoms with Crippen molar-refractivity contribution in [3.8, 4) is 0 Å². The molecule has 0 unspecified atom stereocenters. The third kappa shape index (κ3) is 3.47. The van der Waals surface area contributed by atoms with E-state index in [-0.39, 0.29) is 18.1 Å². The van der Waals surface area contributed by atoms with E-state index in [1.165, 1.54) is 12.1 Å². The number of carbonyl (C=O) groups is 1. The molecular formula is C18H15FN2O. The summed E-state index contributed by atoms with van der Waals surface area (Å²) in [5, 5.41) is 3.90. The number of carbonyl (C=O) groups excluding carboxylic acids is 1. The van der Waals surface area contributed by atoms with Crippen molar-refractivity contribution < 1.29 is 9.18 Å². The summed E-state index contributed by atoms with van der Waals surface area (Å²) in [6.07, 6.45) is 2.00. The third-order valence-electron chi connectivity index (χ3n) is 3.41. The maximum Gasteiger partial charge on any atom is 0.224 e. The molecule has 1 N–H and O–H groups in total. The van der Waals surface area contributed by atoms with Crippen LogP contribution in [0.4, 0.5) is 4.39 Å². The Labute approximate surface area is 127 Å². The first-order chi connectivity index (χ1) is 10.7. The Bertz CT molecular complexity index is 800. The normalized spacial score (nSPS) is 10.6. The third-order valence-corrected chi connectivity index (χ3v) is 3.41. The van der Waals surface area contributed by atoms with Gasteiger partial charge in [0.15, 0.2) is 0 Å². The summed E-state index contributed by atoms with van der Waals surface area (Å²) in [4.78, 5) is 16.3. The first-order valence-electron chi connectivity index (χ1n) is 7.05. The highest BCUT2D eigenvalue weighted by atomic mass is 19.1. The molecule has 0 radical (unpaired) electrons. The van der Waals surface area contributed by atoms with Crippen molar-refractivity contribution in [1.82, 2.24) is 10.3 Å². The lowest BCUT2D eigenvalue weighted by Gasteiger charge is -2.06. The molecule has 0 saturated carbocycles. The molecule has 0 spiro atoms. The Morgan fingerprint density at radius 3 is 2.64 bits per heavy atom. The average molecular weight is 294 g/mol. The van der Waals surface area contributed by atoms with E-state index >= 15 is 0 Å². The van der Waals surface area contributed by atoms with E-state index in [1.807, 2.05) is 30.3 Å². The van der Waals surface area contributed by atoms with Crippen LogP contribution in [0.1, 0.15) is 11.1 Å². The highest BCUT2D eigenvalue weighted by molar-refractivity contribution is 5.80. The molecule has 4 heteroatoms. The Morgan fingerprint density at radius 1 is 1.05 bits per heavy atom. The number of halogens is 1. The number of para-hydroxylation sites is 1. The largest absolute Gasteiger partial charge is 0.352 e. The molecule has 0 saturated heterocycles. The van der Waals surface area contributed by atoms with Crippen LogP contribution in [0, 0.1) is 5.82 Å². The zero-order valence-corrected chi connectivity index (χ0v) is 11.9. The molecule has 0 fully saturated rings. The maximum atomic E-state index is 12.8. The monoisotopic (exact) mass is 294 g/mol. The maximum absolute atomic E-state index is 12.8. The fraction of sp³-hybridized carbons (Fsp3) is 0.111. The van der Waals surface area contributed by atoms with Gasteiger partial charge < -0.3 is 5.32 Å². The second-order valence-corrected chi connectivity index (χ2v) is 5.12. The second-order valence-electron chi connectivity index (χ2n) is 5.12. The summed E-state index contributed by atoms with van der Waals surface area (Å²) < 4.78 is 12.8. The van der Waals surface area contributed by atoms with Gasteiger partial charge in [-0.25, -0.2) is 4.39 Å². The lowest BCUT2D eigenvalue weighted by Crippen LogP contribution is -2.24. The van der Waals surface area contributed by atoms with Crippen molar-refractivity contribution in [3.63, 3.8) is 0 Å². The first-order valence-corrected chi connectivity index (χ1v) is 7.05. The fourth-order valence-electron chi connectivity index (χ4n) is 2.26. The molecule has 3 aromatic rings. The standard InChI is InChI=1S/C18H15FN2O/c19-16-7-5-13(6-8-16)10-18(22)21-12-14-9-15-3-1-2-4-17(15)20-11-14/h1-9,11H,10,12H2,(H,21,22). The van der Waals surface area contributed by atoms with Gasteiger partial charge in [0, 0.05) is 18.1 Å². The Balaban J connectivity index is 1.60. The fourth-order valence-corrected chi connectivity index (χ4v) is 2.26. The number of nitrogens with zero attached hydrogens (tertiary/aromatic N) is 1. The van der Waals surface area contributed by atoms with Gasteiger partial charge >= 0.3 is 0 Å². The Morgan fingerprint density at radius 2 is 1.82 bits per heavy atom. The minimum Gasteiger partial charge on any atom is -0.352 e. The summed E-state index contributed by atoms with van der Waals surface area (Å²) in [7, 11) is 0. The van der Waals surface area contributed by atoms with Crippen molar-refractivity contribution in [2.24, 2.45) is 0 Å². The number of rotatable bonds is 4. The Hall–Kier alpha value is -2.75. The quantitative estimate of drug-likeness (QED) is 0.802. The van der Waals surface area contributed by atoms with E-state index in [4.69, 9.17) is 0 Å². The number of hydrogen-bond acceptors (Lipinski definition) is 2. The van der Waals surface area contributed by atoms with Gasteiger partial charge in [-0.3, -0.25) is 9.78 Å². The number of hydrogen-bond donors (Lipinski definition) is 1. The Kier molecular flexibility index (Phi) is 4.10. The van der Waals surface area contributed by atoms with Crippen LogP contribution < -0.4 is 5.32 Å². The van der Waals surface area contributed by atoms with Gasteiger partial charge in [0.05, 0.1) is 11.9 Å². The van der Waals surface area contributed by atoms with Gasteiger partial charge in [-0.1, -0.05) is 30.3 Å². The molecule has 0 aliphatic carbocycles. The van der Waals surface area contributed by atoms with Crippen molar-refractivity contribution >= 4 is 16.8 Å². The second kappa shape index (κ2) is 6.35. The van der Waals surface area contributed by atoms with Crippen molar-refractivity contribution in [2.45, 2.75) is 13.0 Å². The van der Waals surface area contributed by atoms with E-state index in [1.54, 1.807) is 18.3 Å². The van der Waals surface area contributed by atoms with E-state index in [0.29, 0.717) is 6.54 Å². The van der Waals surface area contributed by atoms with Crippen LogP contribution in [0.5, 0.6) is 0 Å². The topological polar surface area (TPSA) is 42.0 Å². The zero-order valence-electron chi connectivity index (χ0n) is 11.9. The summed E-state index contributed by atoms with van der Waals surface area (Å²) in [6.45, 7) is 0.428. The predicted molar refractivity (Wildman–Crippen MR) is 83.7 cm³/mol. The molecule has 110 valence electrons. The molecule has 3 rings (SSSR count). The molecule has 0 bridgehead atoms. The predicted octanol–water partition coefficient (Wildman–Crippen LogP) is 3.23. The number of amides is 1. The number of nitrogens with one attached hydrogen (secondary N) is 1. The molecule has 1 amide bonds. The summed E-state index contributed by atoms with van der Waals surface area (Å²) >= 11 is 0. The van der Waals surface area contributed by atoms with E-state index < -0.39 is 0 Å². The van der Waals surface area contributed by atoms with Crippen molar-refractivity contribution in [3.05, 3.63) is 77.7 Å². The SMILES string of the molecule is O=C(Cc1ccc(F)cc1)NCc1cnc2ccccc2c1. The molecule has 22 heavy (non-hydrogen) atoms. The van der Waals surface area contributed by atoms with Crippen molar-refractivity contribution in [2.75, 3.05) is 0 Å². The van der Waals surface area contributed by atoms with Gasteiger partial charge in [-0.2, -0.15) is 0 Å². The minimum atomic E-state index is -0.300. The van der Waals surface area contributed by atoms with Crippen LogP contribution in [0.25, 0.3) is 10.9 Å². The van der Waals surface area contributed by atoms with Gasteiger partial charge in [-0.15, -0.1) is 0 Å². The number of aromatic nitrogens is 1. The van der Waals surface area contributed by atoms with Gasteiger partial charge in [0.25, 0.3) is 0 Å². The van der Waals surface area contributed by atoms with E-state index in [9.17, 15) is 9.18 Å². The molecule has 2 aromatic carbocycles. The van der Waals surface area contributed by atoms with Gasteiger partial charge in [-0.05, 0) is 35.4 Å². The summed E-state index contributed by atoms with van der Waals surface area (Å²) in [6, 6.07) is 15.8. The van der Waals surface area contributed by atoms with Crippen molar-refractivity contribution in [1.29, 1.82) is 0 Å². The van der Waals surface area contributed by atoms with E-state index in [0.717, 1.165) is 22.0 Å². The van der Waals surface area contributed by atoms with Gasteiger partial charge in [0.2, 0.25) is 5.91 Å². The molecule has 0 atom stereocenters. The molecular weight excluding hydrogens is 279 g/mol.